The van der Waals surface area contributed by atoms with Gasteiger partial charge in [0, 0.05) is 13.2 Å². The third-order valence-electron chi connectivity index (χ3n) is 1.05. The van der Waals surface area contributed by atoms with Gasteiger partial charge in [-0.1, -0.05) is 6.07 Å². The molecule has 1 amide bonds. The highest BCUT2D eigenvalue weighted by Gasteiger charge is 1.99. The number of rotatable bonds is 1. The van der Waals surface area contributed by atoms with Gasteiger partial charge in [0.15, 0.2) is 0 Å². The van der Waals surface area contributed by atoms with Gasteiger partial charge in [0.05, 0.1) is 1.37 Å². The first kappa shape index (κ1) is 5.41. The Balaban J connectivity index is 3.03. The van der Waals surface area contributed by atoms with Gasteiger partial charge in [-0.15, -0.1) is 0 Å². The molecule has 0 saturated heterocycles. The van der Waals surface area contributed by atoms with Crippen LogP contribution in [0.4, 0.5) is 0 Å². The number of nitrogens with one attached hydrogen (secondary N) is 1. The zero-order valence-electron chi connectivity index (χ0n) is 6.59. The monoisotopic (exact) mass is 137 g/mol. The van der Waals surface area contributed by atoms with E-state index in [9.17, 15) is 4.79 Å². The lowest BCUT2D eigenvalue weighted by molar-refractivity contribution is 0.0958. The van der Waals surface area contributed by atoms with Crippen LogP contribution in [0, 0.1) is 0 Å². The minimum atomic E-state index is -0.324. The van der Waals surface area contributed by atoms with Crippen molar-refractivity contribution in [3.8, 4) is 0 Å². The van der Waals surface area contributed by atoms with Crippen molar-refractivity contribution >= 4 is 5.91 Å². The standard InChI is InChI=1S/C7H8N2O/c1-8-7(10)6-4-2-3-5-9-6/h2-5H,1H3,(H,8,10)/i4D. The fraction of sp³-hybridized carbons (Fsp3) is 0.143. The summed E-state index contributed by atoms with van der Waals surface area (Å²) >= 11 is 0. The maximum absolute atomic E-state index is 10.9. The predicted octanol–water partition coefficient (Wildman–Crippen LogP) is 0.441. The fourth-order valence-electron chi connectivity index (χ4n) is 0.567. The maximum Gasteiger partial charge on any atom is 0.269 e. The minimum Gasteiger partial charge on any atom is -0.354 e. The number of amides is 1. The Morgan fingerprint density at radius 2 is 2.60 bits per heavy atom. The average Bonchev–Trinajstić information content (AvgIpc) is 2.04. The molecular weight excluding hydrogens is 128 g/mol. The topological polar surface area (TPSA) is 42.0 Å². The molecule has 0 aliphatic carbocycles. The first-order valence-corrected chi connectivity index (χ1v) is 2.89. The molecule has 0 spiro atoms. The van der Waals surface area contributed by atoms with Gasteiger partial charge in [0.25, 0.3) is 5.91 Å². The van der Waals surface area contributed by atoms with Gasteiger partial charge in [-0.3, -0.25) is 9.78 Å². The van der Waals surface area contributed by atoms with E-state index in [1.54, 1.807) is 6.07 Å². The van der Waals surface area contributed by atoms with Gasteiger partial charge in [-0.25, -0.2) is 0 Å². The number of nitrogens with zero attached hydrogens (tertiary/aromatic N) is 1. The minimum absolute atomic E-state index is 0.145. The second kappa shape index (κ2) is 2.96. The highest BCUT2D eigenvalue weighted by molar-refractivity contribution is 5.91. The summed E-state index contributed by atoms with van der Waals surface area (Å²) in [5, 5.41) is 2.40. The van der Waals surface area contributed by atoms with E-state index in [4.69, 9.17) is 1.37 Å². The number of carbonyl (C=O) groups is 1. The van der Waals surface area contributed by atoms with Gasteiger partial charge >= 0.3 is 0 Å². The van der Waals surface area contributed by atoms with Crippen molar-refractivity contribution in [1.29, 1.82) is 0 Å². The zero-order valence-corrected chi connectivity index (χ0v) is 5.59. The van der Waals surface area contributed by atoms with Crippen molar-refractivity contribution < 1.29 is 6.17 Å². The van der Waals surface area contributed by atoms with Crippen LogP contribution in [0.15, 0.2) is 24.4 Å². The molecule has 10 heavy (non-hydrogen) atoms. The van der Waals surface area contributed by atoms with Crippen LogP contribution >= 0.6 is 0 Å². The number of carbonyl (C=O) groups excluding carboxylic acids is 1. The lowest BCUT2D eigenvalue weighted by Gasteiger charge is -1.94. The molecule has 1 rings (SSSR count). The molecule has 0 radical (unpaired) electrons. The quantitative estimate of drug-likeness (QED) is 0.610. The molecule has 0 atom stereocenters. The Hall–Kier alpha value is -1.38. The van der Waals surface area contributed by atoms with Crippen LogP contribution in [0.25, 0.3) is 0 Å². The second-order valence-corrected chi connectivity index (χ2v) is 1.71. The normalized spacial score (nSPS) is 10.3. The molecule has 1 aromatic heterocycles. The summed E-state index contributed by atoms with van der Waals surface area (Å²) in [4.78, 5) is 14.7. The van der Waals surface area contributed by atoms with E-state index >= 15 is 0 Å². The van der Waals surface area contributed by atoms with Crippen molar-refractivity contribution in [2.24, 2.45) is 0 Å². The average molecular weight is 137 g/mol. The van der Waals surface area contributed by atoms with Crippen molar-refractivity contribution in [2.45, 2.75) is 0 Å². The lowest BCUT2D eigenvalue weighted by Crippen LogP contribution is -2.18. The summed E-state index contributed by atoms with van der Waals surface area (Å²) in [6, 6.07) is 3.29. The molecule has 3 nitrogen and oxygen atoms in total. The highest BCUT2D eigenvalue weighted by atomic mass is 16.1. The van der Waals surface area contributed by atoms with Crippen LogP contribution in [-0.2, 0) is 0 Å². The third kappa shape index (κ3) is 1.31. The molecule has 1 heterocycles. The smallest absolute Gasteiger partial charge is 0.269 e. The van der Waals surface area contributed by atoms with E-state index < -0.39 is 0 Å². The Kier molecular flexibility index (Phi) is 1.60. The summed E-state index contributed by atoms with van der Waals surface area (Å²) < 4.78 is 7.28. The van der Waals surface area contributed by atoms with Crippen LogP contribution in [0.3, 0.4) is 0 Å². The number of pyridine rings is 1. The SMILES string of the molecule is [2H]c1cccnc1C(=O)NC. The van der Waals surface area contributed by atoms with Crippen molar-refractivity contribution in [3.05, 3.63) is 30.1 Å². The summed E-state index contributed by atoms with van der Waals surface area (Å²) in [6.45, 7) is 0. The molecule has 0 aliphatic heterocycles. The lowest BCUT2D eigenvalue weighted by atomic mass is 10.3. The van der Waals surface area contributed by atoms with Crippen molar-refractivity contribution in [3.63, 3.8) is 0 Å². The molecule has 3 heteroatoms. The van der Waals surface area contributed by atoms with Crippen LogP contribution < -0.4 is 5.32 Å². The number of hydrogen-bond donors (Lipinski definition) is 1. The van der Waals surface area contributed by atoms with Crippen LogP contribution in [0.2, 0.25) is 0 Å². The first-order valence-electron chi connectivity index (χ1n) is 3.39. The summed E-state index contributed by atoms with van der Waals surface area (Å²) in [5.41, 5.74) is 0.162. The van der Waals surface area contributed by atoms with E-state index in [0.29, 0.717) is 0 Å². The second-order valence-electron chi connectivity index (χ2n) is 1.71. The van der Waals surface area contributed by atoms with E-state index in [1.165, 1.54) is 19.3 Å². The van der Waals surface area contributed by atoms with Gasteiger partial charge in [-0.05, 0) is 12.1 Å². The molecule has 0 fully saturated rings. The molecule has 0 aliphatic rings. The van der Waals surface area contributed by atoms with Gasteiger partial charge in [0.2, 0.25) is 0 Å². The highest BCUT2D eigenvalue weighted by Crippen LogP contribution is 1.90. The molecule has 1 N–H and O–H groups in total. The maximum atomic E-state index is 10.9. The number of aromatic nitrogens is 1. The summed E-state index contributed by atoms with van der Waals surface area (Å²) in [6.07, 6.45) is 1.49. The van der Waals surface area contributed by atoms with Crippen molar-refractivity contribution in [2.75, 3.05) is 7.05 Å². The van der Waals surface area contributed by atoms with Gasteiger partial charge in [0.1, 0.15) is 5.69 Å². The zero-order chi connectivity index (χ0) is 8.27. The van der Waals surface area contributed by atoms with Crippen LogP contribution in [0.1, 0.15) is 11.9 Å². The Bertz CT molecular complexity index is 275. The third-order valence-corrected chi connectivity index (χ3v) is 1.05. The largest absolute Gasteiger partial charge is 0.354 e. The summed E-state index contributed by atoms with van der Waals surface area (Å²) in [5.74, 6) is -0.324. The van der Waals surface area contributed by atoms with E-state index in [2.05, 4.69) is 10.3 Å². The molecule has 0 aromatic carbocycles. The predicted molar refractivity (Wildman–Crippen MR) is 37.6 cm³/mol. The molecule has 0 unspecified atom stereocenters. The van der Waals surface area contributed by atoms with Crippen LogP contribution in [0.5, 0.6) is 0 Å². The van der Waals surface area contributed by atoms with Gasteiger partial charge in [-0.2, -0.15) is 0 Å². The Morgan fingerprint density at radius 1 is 1.80 bits per heavy atom. The molecule has 0 bridgehead atoms. The molecule has 1 aromatic rings. The Morgan fingerprint density at radius 3 is 3.20 bits per heavy atom. The summed E-state index contributed by atoms with van der Waals surface area (Å²) in [7, 11) is 1.51. The van der Waals surface area contributed by atoms with E-state index in [0.717, 1.165) is 0 Å². The molecule has 0 saturated carbocycles. The molecular formula is C7H8N2O. The van der Waals surface area contributed by atoms with E-state index in [1.807, 2.05) is 0 Å². The van der Waals surface area contributed by atoms with Gasteiger partial charge < -0.3 is 5.32 Å². The Labute approximate surface area is 60.5 Å². The number of hydrogen-bond acceptors (Lipinski definition) is 2. The van der Waals surface area contributed by atoms with E-state index in [-0.39, 0.29) is 17.6 Å². The van der Waals surface area contributed by atoms with Crippen molar-refractivity contribution in [1.82, 2.24) is 10.3 Å². The van der Waals surface area contributed by atoms with Crippen LogP contribution in [-0.4, -0.2) is 17.9 Å². The molecule has 52 valence electrons. The fourth-order valence-corrected chi connectivity index (χ4v) is 0.567. The first-order chi connectivity index (χ1) is 5.25.